The predicted molar refractivity (Wildman–Crippen MR) is 73.6 cm³/mol. The van der Waals surface area contributed by atoms with Gasteiger partial charge >= 0.3 is 5.97 Å². The van der Waals surface area contributed by atoms with Crippen LogP contribution in [-0.2, 0) is 0 Å². The third-order valence-corrected chi connectivity index (χ3v) is 3.60. The van der Waals surface area contributed by atoms with E-state index >= 15 is 0 Å². The standard InChI is InChI=1S/C12H10N2O5S/c1-6-9(11(15)16)10(13)20-12(6)19-8-4-2-7(3-5-8)14(17)18/h2-5H,13H2,1H3,(H,15,16). The second-order valence-electron chi connectivity index (χ2n) is 3.91. The van der Waals surface area contributed by atoms with Gasteiger partial charge < -0.3 is 15.6 Å². The van der Waals surface area contributed by atoms with Crippen LogP contribution >= 0.6 is 11.3 Å². The first-order valence-electron chi connectivity index (χ1n) is 5.44. The molecule has 0 spiro atoms. The molecule has 0 aliphatic carbocycles. The minimum atomic E-state index is -1.12. The van der Waals surface area contributed by atoms with Gasteiger partial charge in [0, 0.05) is 17.7 Å². The third-order valence-electron chi connectivity index (χ3n) is 2.60. The van der Waals surface area contributed by atoms with E-state index in [0.717, 1.165) is 11.3 Å². The maximum Gasteiger partial charge on any atom is 0.339 e. The first kappa shape index (κ1) is 13.8. The van der Waals surface area contributed by atoms with Crippen LogP contribution in [0, 0.1) is 17.0 Å². The topological polar surface area (TPSA) is 116 Å². The number of aromatic carboxylic acids is 1. The maximum atomic E-state index is 11.0. The molecular weight excluding hydrogens is 284 g/mol. The molecule has 0 atom stereocenters. The molecule has 0 amide bonds. The molecule has 104 valence electrons. The second-order valence-corrected chi connectivity index (χ2v) is 4.93. The Hall–Kier alpha value is -2.61. The number of nitro benzene ring substituents is 1. The summed E-state index contributed by atoms with van der Waals surface area (Å²) in [5.41, 5.74) is 6.03. The molecule has 1 heterocycles. The molecule has 0 aliphatic heterocycles. The molecular formula is C12H10N2O5S. The number of nitrogens with two attached hydrogens (primary N) is 1. The van der Waals surface area contributed by atoms with E-state index in [0.29, 0.717) is 16.4 Å². The van der Waals surface area contributed by atoms with Gasteiger partial charge in [0.2, 0.25) is 0 Å². The van der Waals surface area contributed by atoms with Crippen LogP contribution in [0.4, 0.5) is 10.7 Å². The van der Waals surface area contributed by atoms with Gasteiger partial charge in [0.25, 0.3) is 5.69 Å². The average Bonchev–Trinajstić information content (AvgIpc) is 2.65. The molecule has 0 aliphatic rings. The summed E-state index contributed by atoms with van der Waals surface area (Å²) in [5.74, 6) is -0.744. The number of carbonyl (C=O) groups is 1. The molecule has 0 unspecified atom stereocenters. The van der Waals surface area contributed by atoms with Gasteiger partial charge in [0.15, 0.2) is 5.06 Å². The van der Waals surface area contributed by atoms with E-state index in [2.05, 4.69) is 0 Å². The molecule has 0 bridgehead atoms. The number of non-ortho nitro benzene ring substituents is 1. The number of nitrogens with zero attached hydrogens (tertiary/aromatic N) is 1. The van der Waals surface area contributed by atoms with Gasteiger partial charge in [0.1, 0.15) is 16.3 Å². The molecule has 1 aromatic carbocycles. The van der Waals surface area contributed by atoms with Gasteiger partial charge in [-0.05, 0) is 19.1 Å². The number of rotatable bonds is 4. The van der Waals surface area contributed by atoms with Gasteiger partial charge in [-0.3, -0.25) is 10.1 Å². The van der Waals surface area contributed by atoms with Gasteiger partial charge in [-0.2, -0.15) is 0 Å². The van der Waals surface area contributed by atoms with Crippen molar-refractivity contribution in [2.45, 2.75) is 6.92 Å². The largest absolute Gasteiger partial charge is 0.478 e. The number of hydrogen-bond donors (Lipinski definition) is 2. The zero-order valence-corrected chi connectivity index (χ0v) is 11.1. The summed E-state index contributed by atoms with van der Waals surface area (Å²) in [7, 11) is 0. The lowest BCUT2D eigenvalue weighted by Crippen LogP contribution is -2.00. The Morgan fingerprint density at radius 2 is 2.00 bits per heavy atom. The fourth-order valence-corrected chi connectivity index (χ4v) is 2.56. The summed E-state index contributed by atoms with van der Waals surface area (Å²) in [5, 5.41) is 20.1. The lowest BCUT2D eigenvalue weighted by Gasteiger charge is -2.03. The van der Waals surface area contributed by atoms with Crippen LogP contribution in [-0.4, -0.2) is 16.0 Å². The first-order valence-corrected chi connectivity index (χ1v) is 6.26. The van der Waals surface area contributed by atoms with Crippen molar-refractivity contribution in [3.8, 4) is 10.8 Å². The van der Waals surface area contributed by atoms with Crippen molar-refractivity contribution in [3.63, 3.8) is 0 Å². The van der Waals surface area contributed by atoms with Gasteiger partial charge in [-0.15, -0.1) is 0 Å². The summed E-state index contributed by atoms with van der Waals surface area (Å²) in [6.45, 7) is 1.59. The van der Waals surface area contributed by atoms with Crippen LogP contribution in [0.5, 0.6) is 10.8 Å². The molecule has 7 nitrogen and oxygen atoms in total. The van der Waals surface area contributed by atoms with Gasteiger partial charge in [-0.1, -0.05) is 11.3 Å². The van der Waals surface area contributed by atoms with Crippen LogP contribution in [0.2, 0.25) is 0 Å². The van der Waals surface area contributed by atoms with Crippen LogP contribution in [0.25, 0.3) is 0 Å². The summed E-state index contributed by atoms with van der Waals surface area (Å²) in [6.07, 6.45) is 0. The number of anilines is 1. The Labute approximate surface area is 117 Å². The number of benzene rings is 1. The average molecular weight is 294 g/mol. The highest BCUT2D eigenvalue weighted by atomic mass is 32.1. The van der Waals surface area contributed by atoms with Crippen molar-refractivity contribution >= 4 is 28.0 Å². The summed E-state index contributed by atoms with van der Waals surface area (Å²) >= 11 is 1.02. The van der Waals surface area contributed by atoms with E-state index in [4.69, 9.17) is 15.6 Å². The van der Waals surface area contributed by atoms with E-state index in [9.17, 15) is 14.9 Å². The molecule has 2 aromatic rings. The zero-order chi connectivity index (χ0) is 14.9. The Kier molecular flexibility index (Phi) is 3.57. The first-order chi connectivity index (χ1) is 9.40. The minimum Gasteiger partial charge on any atom is -0.478 e. The normalized spacial score (nSPS) is 10.2. The highest BCUT2D eigenvalue weighted by Crippen LogP contribution is 2.39. The van der Waals surface area contributed by atoms with Crippen molar-refractivity contribution in [2.24, 2.45) is 0 Å². The number of carboxylic acid groups (broad SMARTS) is 1. The molecule has 3 N–H and O–H groups in total. The minimum absolute atomic E-state index is 0.0203. The molecule has 0 radical (unpaired) electrons. The Morgan fingerprint density at radius 1 is 1.40 bits per heavy atom. The SMILES string of the molecule is Cc1c(Oc2ccc([N+](=O)[O-])cc2)sc(N)c1C(=O)O. The van der Waals surface area contributed by atoms with Crippen LogP contribution in [0.15, 0.2) is 24.3 Å². The number of nitro groups is 1. The number of nitrogen functional groups attached to an aromatic ring is 1. The second kappa shape index (κ2) is 5.17. The van der Waals surface area contributed by atoms with Crippen molar-refractivity contribution in [1.29, 1.82) is 0 Å². The van der Waals surface area contributed by atoms with Crippen LogP contribution in [0.3, 0.4) is 0 Å². The lowest BCUT2D eigenvalue weighted by atomic mass is 10.2. The van der Waals surface area contributed by atoms with Gasteiger partial charge in [-0.25, -0.2) is 4.79 Å². The third kappa shape index (κ3) is 2.54. The number of thiophene rings is 1. The molecule has 1 aromatic heterocycles. The molecule has 0 saturated heterocycles. The summed E-state index contributed by atoms with van der Waals surface area (Å²) in [4.78, 5) is 21.0. The Bertz CT molecular complexity index is 678. The van der Waals surface area contributed by atoms with Crippen molar-refractivity contribution in [3.05, 3.63) is 45.5 Å². The fraction of sp³-hybridized carbons (Fsp3) is 0.0833. The number of ether oxygens (including phenoxy) is 1. The van der Waals surface area contributed by atoms with E-state index in [1.807, 2.05) is 0 Å². The summed E-state index contributed by atoms with van der Waals surface area (Å²) in [6, 6.07) is 5.49. The lowest BCUT2D eigenvalue weighted by molar-refractivity contribution is -0.384. The van der Waals surface area contributed by atoms with E-state index in [-0.39, 0.29) is 16.3 Å². The molecule has 8 heteroatoms. The molecule has 0 saturated carbocycles. The van der Waals surface area contributed by atoms with Gasteiger partial charge in [0.05, 0.1) is 4.92 Å². The highest BCUT2D eigenvalue weighted by Gasteiger charge is 2.20. The summed E-state index contributed by atoms with van der Waals surface area (Å²) < 4.78 is 5.51. The molecule has 20 heavy (non-hydrogen) atoms. The predicted octanol–water partition coefficient (Wildman–Crippen LogP) is 3.04. The van der Waals surface area contributed by atoms with Crippen molar-refractivity contribution in [1.82, 2.24) is 0 Å². The van der Waals surface area contributed by atoms with Crippen LogP contribution in [0.1, 0.15) is 15.9 Å². The number of carboxylic acids is 1. The fourth-order valence-electron chi connectivity index (χ4n) is 1.62. The Morgan fingerprint density at radius 3 is 2.45 bits per heavy atom. The molecule has 2 rings (SSSR count). The monoisotopic (exact) mass is 294 g/mol. The quantitative estimate of drug-likeness (QED) is 0.661. The molecule has 0 fully saturated rings. The highest BCUT2D eigenvalue weighted by molar-refractivity contribution is 7.18. The zero-order valence-electron chi connectivity index (χ0n) is 10.3. The number of hydrogen-bond acceptors (Lipinski definition) is 6. The van der Waals surface area contributed by atoms with Crippen molar-refractivity contribution < 1.29 is 19.6 Å². The van der Waals surface area contributed by atoms with E-state index in [1.165, 1.54) is 24.3 Å². The Balaban J connectivity index is 2.28. The van der Waals surface area contributed by atoms with E-state index in [1.54, 1.807) is 6.92 Å². The van der Waals surface area contributed by atoms with E-state index < -0.39 is 10.9 Å². The van der Waals surface area contributed by atoms with Crippen molar-refractivity contribution in [2.75, 3.05) is 5.73 Å². The maximum absolute atomic E-state index is 11.0. The van der Waals surface area contributed by atoms with Crippen LogP contribution < -0.4 is 10.5 Å². The smallest absolute Gasteiger partial charge is 0.339 e.